The maximum atomic E-state index is 14.5. The lowest BCUT2D eigenvalue weighted by atomic mass is 10.0. The summed E-state index contributed by atoms with van der Waals surface area (Å²) >= 11 is 7.63. The van der Waals surface area contributed by atoms with Crippen LogP contribution >= 0.6 is 22.9 Å². The molecule has 30 heavy (non-hydrogen) atoms. The molecule has 8 heteroatoms. The van der Waals surface area contributed by atoms with Gasteiger partial charge in [-0.2, -0.15) is 0 Å². The summed E-state index contributed by atoms with van der Waals surface area (Å²) in [5.41, 5.74) is 1.35. The number of anilines is 1. The Balaban J connectivity index is 1.52. The van der Waals surface area contributed by atoms with Gasteiger partial charge in [0.25, 0.3) is 0 Å². The summed E-state index contributed by atoms with van der Waals surface area (Å²) in [4.78, 5) is 20.4. The number of thiazole rings is 1. The normalized spacial score (nSPS) is 15.7. The molecule has 1 saturated heterocycles. The van der Waals surface area contributed by atoms with Gasteiger partial charge in [0, 0.05) is 41.2 Å². The molecule has 1 amide bonds. The maximum Gasteiger partial charge on any atom is 0.248 e. The fraction of sp³-hybridized carbons (Fsp3) is 0.273. The topological polar surface area (TPSA) is 54.5 Å². The number of aromatic nitrogens is 1. The van der Waals surface area contributed by atoms with E-state index in [-0.39, 0.29) is 5.91 Å². The number of amides is 1. The van der Waals surface area contributed by atoms with Crippen molar-refractivity contribution >= 4 is 34.0 Å². The molecule has 0 saturated carbocycles. The van der Waals surface area contributed by atoms with E-state index in [1.165, 1.54) is 17.4 Å². The number of carbonyl (C=O) groups excluding carboxylic acids is 1. The van der Waals surface area contributed by atoms with Gasteiger partial charge in [0.1, 0.15) is 11.9 Å². The Morgan fingerprint density at radius 3 is 2.70 bits per heavy atom. The van der Waals surface area contributed by atoms with Crippen LogP contribution < -0.4 is 5.32 Å². The maximum absolute atomic E-state index is 14.5. The Morgan fingerprint density at radius 2 is 1.93 bits per heavy atom. The third-order valence-corrected chi connectivity index (χ3v) is 6.25. The average molecular weight is 446 g/mol. The first-order valence-electron chi connectivity index (χ1n) is 9.67. The SMILES string of the molecule is O=C(Nc1ncc(Cc2ccccc2Cl)s1)[C@H](c1ccccc1F)N1CCOCC1. The van der Waals surface area contributed by atoms with Crippen molar-refractivity contribution in [2.75, 3.05) is 31.6 Å². The smallest absolute Gasteiger partial charge is 0.248 e. The first-order valence-corrected chi connectivity index (χ1v) is 10.9. The van der Waals surface area contributed by atoms with Crippen molar-refractivity contribution in [3.63, 3.8) is 0 Å². The zero-order valence-electron chi connectivity index (χ0n) is 16.2. The van der Waals surface area contributed by atoms with Crippen molar-refractivity contribution in [1.29, 1.82) is 0 Å². The van der Waals surface area contributed by atoms with Gasteiger partial charge < -0.3 is 10.1 Å². The van der Waals surface area contributed by atoms with Gasteiger partial charge in [0.2, 0.25) is 5.91 Å². The molecule has 1 aliphatic heterocycles. The first-order chi connectivity index (χ1) is 14.6. The fourth-order valence-electron chi connectivity index (χ4n) is 3.49. The van der Waals surface area contributed by atoms with Crippen LogP contribution in [0.1, 0.15) is 22.0 Å². The van der Waals surface area contributed by atoms with E-state index in [0.29, 0.717) is 48.4 Å². The number of hydrogen-bond acceptors (Lipinski definition) is 5. The van der Waals surface area contributed by atoms with Crippen molar-refractivity contribution in [1.82, 2.24) is 9.88 Å². The predicted molar refractivity (Wildman–Crippen MR) is 117 cm³/mol. The number of ether oxygens (including phenoxy) is 1. The van der Waals surface area contributed by atoms with E-state index in [4.69, 9.17) is 16.3 Å². The number of nitrogens with zero attached hydrogens (tertiary/aromatic N) is 2. The second-order valence-corrected chi connectivity index (χ2v) is 8.48. The van der Waals surface area contributed by atoms with Crippen molar-refractivity contribution in [3.8, 4) is 0 Å². The molecule has 156 valence electrons. The minimum atomic E-state index is -0.744. The van der Waals surface area contributed by atoms with E-state index in [1.807, 2.05) is 29.2 Å². The molecule has 2 heterocycles. The van der Waals surface area contributed by atoms with Gasteiger partial charge in [-0.05, 0) is 17.7 Å². The van der Waals surface area contributed by atoms with Crippen LogP contribution in [0.15, 0.2) is 54.7 Å². The standard InChI is InChI=1S/C22H21ClFN3O2S/c23-18-7-3-1-5-15(18)13-16-14-25-22(30-16)26-21(28)20(27-9-11-29-12-10-27)17-6-2-4-8-19(17)24/h1-8,14,20H,9-13H2,(H,25,26,28)/t20-/m0/s1. The second-order valence-electron chi connectivity index (χ2n) is 6.96. The van der Waals surface area contributed by atoms with Crippen LogP contribution in [-0.4, -0.2) is 42.1 Å². The first kappa shape index (κ1) is 20.9. The number of halogens is 2. The van der Waals surface area contributed by atoms with Gasteiger partial charge in [-0.1, -0.05) is 48.0 Å². The largest absolute Gasteiger partial charge is 0.379 e. The summed E-state index contributed by atoms with van der Waals surface area (Å²) in [6.45, 7) is 2.14. The summed E-state index contributed by atoms with van der Waals surface area (Å²) in [5.74, 6) is -0.705. The molecule has 1 fully saturated rings. The van der Waals surface area contributed by atoms with Crippen LogP contribution in [0.4, 0.5) is 9.52 Å². The van der Waals surface area contributed by atoms with Crippen molar-refractivity contribution < 1.29 is 13.9 Å². The molecule has 0 spiro atoms. The van der Waals surface area contributed by atoms with Gasteiger partial charge in [-0.25, -0.2) is 9.37 Å². The molecule has 3 aromatic rings. The third kappa shape index (κ3) is 4.87. The van der Waals surface area contributed by atoms with Crippen LogP contribution in [0, 0.1) is 5.82 Å². The Labute approximate surface area is 183 Å². The summed E-state index contributed by atoms with van der Waals surface area (Å²) in [6.07, 6.45) is 2.36. The van der Waals surface area contributed by atoms with E-state index >= 15 is 0 Å². The van der Waals surface area contributed by atoms with Crippen molar-refractivity contribution in [2.24, 2.45) is 0 Å². The minimum absolute atomic E-state index is 0.305. The van der Waals surface area contributed by atoms with Crippen LogP contribution in [0.25, 0.3) is 0 Å². The van der Waals surface area contributed by atoms with Crippen LogP contribution in [0.2, 0.25) is 5.02 Å². The zero-order valence-corrected chi connectivity index (χ0v) is 17.8. The number of carbonyl (C=O) groups is 1. The van der Waals surface area contributed by atoms with Crippen LogP contribution in [-0.2, 0) is 16.0 Å². The molecule has 0 unspecified atom stereocenters. The molecule has 4 rings (SSSR count). The minimum Gasteiger partial charge on any atom is -0.379 e. The molecular formula is C22H21ClFN3O2S. The summed E-state index contributed by atoms with van der Waals surface area (Å²) < 4.78 is 19.9. The van der Waals surface area contributed by atoms with Crippen LogP contribution in [0.5, 0.6) is 0 Å². The van der Waals surface area contributed by atoms with Gasteiger partial charge >= 0.3 is 0 Å². The fourth-order valence-corrected chi connectivity index (χ4v) is 4.53. The molecule has 1 aromatic heterocycles. The lowest BCUT2D eigenvalue weighted by molar-refractivity contribution is -0.123. The highest BCUT2D eigenvalue weighted by Crippen LogP contribution is 2.28. The van der Waals surface area contributed by atoms with Crippen LogP contribution in [0.3, 0.4) is 0 Å². The van der Waals surface area contributed by atoms with E-state index < -0.39 is 11.9 Å². The Kier molecular flexibility index (Phi) is 6.74. The lowest BCUT2D eigenvalue weighted by Gasteiger charge is -2.33. The van der Waals surface area contributed by atoms with E-state index in [9.17, 15) is 9.18 Å². The average Bonchev–Trinajstić information content (AvgIpc) is 3.19. The molecule has 0 aliphatic carbocycles. The number of nitrogens with one attached hydrogen (secondary N) is 1. The van der Waals surface area contributed by atoms with Crippen molar-refractivity contribution in [3.05, 3.63) is 81.6 Å². The highest BCUT2D eigenvalue weighted by atomic mass is 35.5. The summed E-state index contributed by atoms with van der Waals surface area (Å²) in [5, 5.41) is 4.05. The monoisotopic (exact) mass is 445 g/mol. The third-order valence-electron chi connectivity index (χ3n) is 4.97. The summed E-state index contributed by atoms with van der Waals surface area (Å²) in [6, 6.07) is 13.3. The van der Waals surface area contributed by atoms with E-state index in [1.54, 1.807) is 24.4 Å². The lowest BCUT2D eigenvalue weighted by Crippen LogP contribution is -2.44. The Morgan fingerprint density at radius 1 is 1.20 bits per heavy atom. The Bertz CT molecular complexity index is 1020. The van der Waals surface area contributed by atoms with E-state index in [2.05, 4.69) is 10.3 Å². The number of rotatable bonds is 6. The zero-order chi connectivity index (χ0) is 20.9. The quantitative estimate of drug-likeness (QED) is 0.605. The molecule has 2 aromatic carbocycles. The molecule has 1 aliphatic rings. The van der Waals surface area contributed by atoms with E-state index in [0.717, 1.165) is 10.4 Å². The van der Waals surface area contributed by atoms with Crippen molar-refractivity contribution in [2.45, 2.75) is 12.5 Å². The molecule has 0 bridgehead atoms. The summed E-state index contributed by atoms with van der Waals surface area (Å²) in [7, 11) is 0. The van der Waals surface area contributed by atoms with Gasteiger partial charge in [-0.15, -0.1) is 11.3 Å². The van der Waals surface area contributed by atoms with Gasteiger partial charge in [-0.3, -0.25) is 9.69 Å². The van der Waals surface area contributed by atoms with Gasteiger partial charge in [0.15, 0.2) is 5.13 Å². The second kappa shape index (κ2) is 9.66. The molecule has 1 atom stereocenters. The molecule has 0 radical (unpaired) electrons. The molecular weight excluding hydrogens is 425 g/mol. The number of benzene rings is 2. The predicted octanol–water partition coefficient (Wildman–Crippen LogP) is 4.54. The Hall–Kier alpha value is -2.32. The number of hydrogen-bond donors (Lipinski definition) is 1. The van der Waals surface area contributed by atoms with Gasteiger partial charge in [0.05, 0.1) is 13.2 Å². The highest BCUT2D eigenvalue weighted by molar-refractivity contribution is 7.15. The number of morpholine rings is 1. The highest BCUT2D eigenvalue weighted by Gasteiger charge is 2.31. The molecule has 5 nitrogen and oxygen atoms in total. The molecule has 1 N–H and O–H groups in total.